The van der Waals surface area contributed by atoms with E-state index in [0.29, 0.717) is 25.9 Å². The highest BCUT2D eigenvalue weighted by molar-refractivity contribution is 5.75. The predicted molar refractivity (Wildman–Crippen MR) is 95.7 cm³/mol. The average molecular weight is 343 g/mol. The van der Waals surface area contributed by atoms with Crippen LogP contribution in [0.15, 0.2) is 48.5 Å². The lowest BCUT2D eigenvalue weighted by Crippen LogP contribution is -2.23. The van der Waals surface area contributed by atoms with E-state index >= 15 is 0 Å². The lowest BCUT2D eigenvalue weighted by atomic mass is 10.2. The van der Waals surface area contributed by atoms with Crippen molar-refractivity contribution in [2.75, 3.05) is 19.0 Å². The molecule has 2 aromatic carbocycles. The lowest BCUT2D eigenvalue weighted by Gasteiger charge is -2.08. The molecule has 2 aromatic rings. The minimum atomic E-state index is -0.434. The summed E-state index contributed by atoms with van der Waals surface area (Å²) in [6.45, 7) is 1.08. The Labute approximate surface area is 146 Å². The molecule has 0 atom stereocenters. The van der Waals surface area contributed by atoms with Crippen molar-refractivity contribution in [2.45, 2.75) is 19.4 Å². The number of nitrogens with one attached hydrogen (secondary N) is 2. The number of carbonyl (C=O) groups is 1. The van der Waals surface area contributed by atoms with Crippen molar-refractivity contribution < 1.29 is 14.5 Å². The molecule has 132 valence electrons. The highest BCUT2D eigenvalue weighted by Gasteiger charge is 2.04. The number of benzene rings is 2. The van der Waals surface area contributed by atoms with Crippen LogP contribution in [-0.2, 0) is 11.3 Å². The molecule has 0 saturated heterocycles. The number of hydrogen-bond donors (Lipinski definition) is 2. The van der Waals surface area contributed by atoms with Crippen molar-refractivity contribution in [3.8, 4) is 5.75 Å². The normalized spacial score (nSPS) is 10.1. The predicted octanol–water partition coefficient (Wildman–Crippen LogP) is 3.11. The first kappa shape index (κ1) is 18.3. The Morgan fingerprint density at radius 1 is 1.20 bits per heavy atom. The molecule has 0 heterocycles. The van der Waals surface area contributed by atoms with Gasteiger partial charge in [-0.05, 0) is 36.2 Å². The van der Waals surface area contributed by atoms with Crippen molar-refractivity contribution in [2.24, 2.45) is 0 Å². The molecule has 2 rings (SSSR count). The van der Waals surface area contributed by atoms with Gasteiger partial charge in [0.1, 0.15) is 5.75 Å². The molecule has 7 nitrogen and oxygen atoms in total. The second-order valence-electron chi connectivity index (χ2n) is 5.46. The second kappa shape index (κ2) is 9.27. The summed E-state index contributed by atoms with van der Waals surface area (Å²) in [5.41, 5.74) is 1.83. The van der Waals surface area contributed by atoms with Gasteiger partial charge in [-0.3, -0.25) is 14.9 Å². The highest BCUT2D eigenvalue weighted by Crippen LogP contribution is 2.15. The van der Waals surface area contributed by atoms with Gasteiger partial charge in [0.05, 0.1) is 12.0 Å². The third kappa shape index (κ3) is 6.14. The zero-order valence-electron chi connectivity index (χ0n) is 14.0. The smallest absolute Gasteiger partial charge is 0.269 e. The molecule has 1 amide bonds. The topological polar surface area (TPSA) is 93.5 Å². The number of carbonyl (C=O) groups excluding carboxylic acids is 1. The summed E-state index contributed by atoms with van der Waals surface area (Å²) in [6.07, 6.45) is 1.07. The van der Waals surface area contributed by atoms with E-state index in [1.165, 1.54) is 12.1 Å². The van der Waals surface area contributed by atoms with Gasteiger partial charge in [0, 0.05) is 37.3 Å². The maximum Gasteiger partial charge on any atom is 0.269 e. The van der Waals surface area contributed by atoms with E-state index in [1.54, 1.807) is 19.2 Å². The van der Waals surface area contributed by atoms with E-state index < -0.39 is 4.92 Å². The van der Waals surface area contributed by atoms with Crippen molar-refractivity contribution in [3.63, 3.8) is 0 Å². The number of methoxy groups -OCH3 is 1. The highest BCUT2D eigenvalue weighted by atomic mass is 16.6. The fourth-order valence-electron chi connectivity index (χ4n) is 2.25. The van der Waals surface area contributed by atoms with Crippen LogP contribution in [0.4, 0.5) is 11.4 Å². The Balaban J connectivity index is 1.65. The number of ether oxygens (including phenoxy) is 1. The van der Waals surface area contributed by atoms with Gasteiger partial charge in [0.2, 0.25) is 5.91 Å². The van der Waals surface area contributed by atoms with Gasteiger partial charge in [0.25, 0.3) is 5.69 Å². The summed E-state index contributed by atoms with van der Waals surface area (Å²) in [5.74, 6) is 0.743. The Morgan fingerprint density at radius 3 is 2.64 bits per heavy atom. The van der Waals surface area contributed by atoms with Gasteiger partial charge in [-0.2, -0.15) is 0 Å². The number of non-ortho nitro benzene ring substituents is 1. The van der Waals surface area contributed by atoms with Gasteiger partial charge < -0.3 is 15.4 Å². The molecule has 7 heteroatoms. The van der Waals surface area contributed by atoms with Crippen LogP contribution in [0.25, 0.3) is 0 Å². The summed E-state index contributed by atoms with van der Waals surface area (Å²) in [4.78, 5) is 22.0. The molecule has 0 aliphatic heterocycles. The number of amides is 1. The van der Waals surface area contributed by atoms with E-state index in [2.05, 4.69) is 10.6 Å². The molecule has 0 spiro atoms. The fourth-order valence-corrected chi connectivity index (χ4v) is 2.25. The van der Waals surface area contributed by atoms with Gasteiger partial charge in [0.15, 0.2) is 0 Å². The van der Waals surface area contributed by atoms with E-state index in [-0.39, 0.29) is 11.6 Å². The standard InChI is InChI=1S/C18H21N3O4/c1-25-17-5-2-4-14(12-17)13-20-18(22)6-3-11-19-15-7-9-16(10-8-15)21(23)24/h2,4-5,7-10,12,19H,3,6,11,13H2,1H3,(H,20,22). The number of hydrogen-bond acceptors (Lipinski definition) is 5. The minimum absolute atomic E-state index is 0.0201. The first-order valence-corrected chi connectivity index (χ1v) is 7.96. The van der Waals surface area contributed by atoms with Gasteiger partial charge in [-0.1, -0.05) is 12.1 Å². The zero-order valence-corrected chi connectivity index (χ0v) is 14.0. The Bertz CT molecular complexity index is 717. The molecule has 0 radical (unpaired) electrons. The van der Waals surface area contributed by atoms with E-state index in [4.69, 9.17) is 4.74 Å². The van der Waals surface area contributed by atoms with Crippen LogP contribution in [0.1, 0.15) is 18.4 Å². The maximum absolute atomic E-state index is 11.9. The van der Waals surface area contributed by atoms with Crippen molar-refractivity contribution in [1.82, 2.24) is 5.32 Å². The molecule has 0 aromatic heterocycles. The van der Waals surface area contributed by atoms with Crippen molar-refractivity contribution >= 4 is 17.3 Å². The average Bonchev–Trinajstić information content (AvgIpc) is 2.64. The summed E-state index contributed by atoms with van der Waals surface area (Å²) < 4.78 is 5.15. The first-order chi connectivity index (χ1) is 12.1. The molecule has 25 heavy (non-hydrogen) atoms. The molecule has 0 aliphatic carbocycles. The summed E-state index contributed by atoms with van der Waals surface area (Å²) in [7, 11) is 1.61. The number of nitro benzene ring substituents is 1. The lowest BCUT2D eigenvalue weighted by molar-refractivity contribution is -0.384. The van der Waals surface area contributed by atoms with E-state index in [1.807, 2.05) is 24.3 Å². The molecule has 0 bridgehead atoms. The van der Waals surface area contributed by atoms with Crippen LogP contribution >= 0.6 is 0 Å². The van der Waals surface area contributed by atoms with Crippen molar-refractivity contribution in [1.29, 1.82) is 0 Å². The molecule has 0 saturated carbocycles. The quantitative estimate of drug-likeness (QED) is 0.414. The molecule has 2 N–H and O–H groups in total. The van der Waals surface area contributed by atoms with Crippen LogP contribution < -0.4 is 15.4 Å². The van der Waals surface area contributed by atoms with Crippen molar-refractivity contribution in [3.05, 3.63) is 64.2 Å². The van der Waals surface area contributed by atoms with Crippen LogP contribution in [0, 0.1) is 10.1 Å². The summed E-state index contributed by atoms with van der Waals surface area (Å²) >= 11 is 0. The number of nitrogens with zero attached hydrogens (tertiary/aromatic N) is 1. The molecular weight excluding hydrogens is 322 g/mol. The van der Waals surface area contributed by atoms with Gasteiger partial charge >= 0.3 is 0 Å². The third-order valence-electron chi connectivity index (χ3n) is 3.61. The van der Waals surface area contributed by atoms with Crippen LogP contribution in [0.2, 0.25) is 0 Å². The van der Waals surface area contributed by atoms with E-state index in [9.17, 15) is 14.9 Å². The molecule has 0 fully saturated rings. The number of anilines is 1. The largest absolute Gasteiger partial charge is 0.497 e. The fraction of sp³-hybridized carbons (Fsp3) is 0.278. The SMILES string of the molecule is COc1cccc(CNC(=O)CCCNc2ccc([N+](=O)[O-])cc2)c1. The molecule has 0 aliphatic rings. The third-order valence-corrected chi connectivity index (χ3v) is 3.61. The molecule has 0 unspecified atom stereocenters. The number of rotatable bonds is 9. The Kier molecular flexibility index (Phi) is 6.76. The summed E-state index contributed by atoms with van der Waals surface area (Å²) in [6, 6.07) is 13.8. The van der Waals surface area contributed by atoms with Crippen LogP contribution in [-0.4, -0.2) is 24.5 Å². The maximum atomic E-state index is 11.9. The summed E-state index contributed by atoms with van der Waals surface area (Å²) in [5, 5.41) is 16.6. The van der Waals surface area contributed by atoms with E-state index in [0.717, 1.165) is 17.0 Å². The zero-order chi connectivity index (χ0) is 18.1. The van der Waals surface area contributed by atoms with Crippen LogP contribution in [0.5, 0.6) is 5.75 Å². The minimum Gasteiger partial charge on any atom is -0.497 e. The Morgan fingerprint density at radius 2 is 1.96 bits per heavy atom. The van der Waals surface area contributed by atoms with Gasteiger partial charge in [-0.15, -0.1) is 0 Å². The Hall–Kier alpha value is -3.09. The monoisotopic (exact) mass is 343 g/mol. The second-order valence-corrected chi connectivity index (χ2v) is 5.46. The van der Waals surface area contributed by atoms with Crippen LogP contribution in [0.3, 0.4) is 0 Å². The first-order valence-electron chi connectivity index (χ1n) is 7.96. The van der Waals surface area contributed by atoms with Gasteiger partial charge in [-0.25, -0.2) is 0 Å². The molecular formula is C18H21N3O4. The number of nitro groups is 1.